The fraction of sp³-hybridized carbons (Fsp3) is 0.269. The van der Waals surface area contributed by atoms with Crippen molar-refractivity contribution in [2.75, 3.05) is 5.75 Å². The molecule has 1 aromatic carbocycles. The summed E-state index contributed by atoms with van der Waals surface area (Å²) >= 11 is 1.38. The zero-order chi connectivity index (χ0) is 24.2. The highest BCUT2D eigenvalue weighted by Gasteiger charge is 2.35. The van der Waals surface area contributed by atoms with Crippen LogP contribution >= 0.6 is 11.8 Å². The maximum absolute atomic E-state index is 13.4. The van der Waals surface area contributed by atoms with E-state index in [4.69, 9.17) is 9.52 Å². The Morgan fingerprint density at radius 1 is 1.09 bits per heavy atom. The van der Waals surface area contributed by atoms with Crippen LogP contribution < -0.4 is 0 Å². The van der Waals surface area contributed by atoms with Gasteiger partial charge in [0.2, 0.25) is 0 Å². The number of carbonyl (C=O) groups is 1. The van der Waals surface area contributed by atoms with E-state index in [1.807, 2.05) is 36.4 Å². The number of pyridine rings is 1. The minimum atomic E-state index is -0.268. The molecule has 9 heteroatoms. The number of benzene rings is 1. The molecular weight excluding hydrogens is 460 g/mol. The molecular formula is C26H26N6O2S. The number of thioether (sulfide) groups is 1. The number of rotatable bonds is 8. The van der Waals surface area contributed by atoms with Crippen molar-refractivity contribution < 1.29 is 9.21 Å². The molecule has 0 saturated heterocycles. The molecule has 1 amide bonds. The minimum Gasteiger partial charge on any atom is -0.467 e. The molecule has 0 saturated carbocycles. The third-order valence-corrected chi connectivity index (χ3v) is 6.80. The molecule has 1 aliphatic rings. The number of aromatic nitrogens is 4. The Bertz CT molecular complexity index is 1320. The Hall–Kier alpha value is -3.72. The maximum atomic E-state index is 13.4. The minimum absolute atomic E-state index is 0.102. The van der Waals surface area contributed by atoms with Crippen molar-refractivity contribution in [1.29, 1.82) is 0 Å². The average Bonchev–Trinajstić information content (AvgIpc) is 3.64. The first kappa shape index (κ1) is 23.0. The van der Waals surface area contributed by atoms with Gasteiger partial charge in [-0.15, -0.1) is 10.2 Å². The van der Waals surface area contributed by atoms with Crippen LogP contribution in [0.1, 0.15) is 42.7 Å². The fourth-order valence-electron chi connectivity index (χ4n) is 4.09. The van der Waals surface area contributed by atoms with Crippen LogP contribution in [-0.2, 0) is 11.3 Å². The molecule has 178 valence electrons. The van der Waals surface area contributed by atoms with Crippen LogP contribution in [0.15, 0.2) is 81.9 Å². The molecule has 0 fully saturated rings. The normalized spacial score (nSPS) is 15.4. The molecule has 4 aromatic rings. The molecule has 0 radical (unpaired) electrons. The maximum Gasteiger partial charge on any atom is 0.253 e. The predicted molar refractivity (Wildman–Crippen MR) is 135 cm³/mol. The summed E-state index contributed by atoms with van der Waals surface area (Å²) < 4.78 is 7.72. The van der Waals surface area contributed by atoms with E-state index in [2.05, 4.69) is 45.7 Å². The number of hydrazone groups is 1. The highest BCUT2D eigenvalue weighted by molar-refractivity contribution is 7.99. The van der Waals surface area contributed by atoms with Gasteiger partial charge in [0.1, 0.15) is 11.8 Å². The summed E-state index contributed by atoms with van der Waals surface area (Å²) in [7, 11) is 0. The molecule has 1 atom stereocenters. The molecule has 0 spiro atoms. The second-order valence-electron chi connectivity index (χ2n) is 8.37. The van der Waals surface area contributed by atoms with Gasteiger partial charge in [0.25, 0.3) is 5.91 Å². The lowest BCUT2D eigenvalue weighted by atomic mass is 10.0. The van der Waals surface area contributed by atoms with Gasteiger partial charge in [-0.1, -0.05) is 48.5 Å². The van der Waals surface area contributed by atoms with Gasteiger partial charge in [0, 0.05) is 30.9 Å². The molecule has 4 heterocycles. The van der Waals surface area contributed by atoms with Crippen molar-refractivity contribution in [2.45, 2.75) is 44.4 Å². The number of amides is 1. The molecule has 35 heavy (non-hydrogen) atoms. The van der Waals surface area contributed by atoms with E-state index in [0.717, 1.165) is 41.4 Å². The molecule has 1 unspecified atom stereocenters. The predicted octanol–water partition coefficient (Wildman–Crippen LogP) is 5.12. The Labute approximate surface area is 208 Å². The van der Waals surface area contributed by atoms with Gasteiger partial charge >= 0.3 is 0 Å². The lowest BCUT2D eigenvalue weighted by molar-refractivity contribution is -0.130. The fourth-order valence-corrected chi connectivity index (χ4v) is 4.91. The topological polar surface area (TPSA) is 89.4 Å². The SMILES string of the molecule is CCCn1c(SCC(=O)N2N=C(c3ccc(C)cc3)CC2c2ccco2)nnc1-c1ccncc1. The van der Waals surface area contributed by atoms with Gasteiger partial charge in [0.15, 0.2) is 11.0 Å². The van der Waals surface area contributed by atoms with E-state index in [9.17, 15) is 4.79 Å². The average molecular weight is 487 g/mol. The van der Waals surface area contributed by atoms with Crippen molar-refractivity contribution in [2.24, 2.45) is 5.10 Å². The summed E-state index contributed by atoms with van der Waals surface area (Å²) in [5, 5.41) is 15.8. The monoisotopic (exact) mass is 486 g/mol. The van der Waals surface area contributed by atoms with E-state index < -0.39 is 0 Å². The first-order valence-electron chi connectivity index (χ1n) is 11.6. The smallest absolute Gasteiger partial charge is 0.253 e. The first-order chi connectivity index (χ1) is 17.1. The van der Waals surface area contributed by atoms with Crippen LogP contribution in [0.3, 0.4) is 0 Å². The van der Waals surface area contributed by atoms with E-state index in [-0.39, 0.29) is 17.7 Å². The third-order valence-electron chi connectivity index (χ3n) is 5.85. The summed E-state index contributed by atoms with van der Waals surface area (Å²) in [6.07, 6.45) is 6.63. The van der Waals surface area contributed by atoms with E-state index in [1.165, 1.54) is 17.3 Å². The van der Waals surface area contributed by atoms with Crippen LogP contribution in [0, 0.1) is 6.92 Å². The van der Waals surface area contributed by atoms with Crippen molar-refractivity contribution in [3.8, 4) is 11.4 Å². The highest BCUT2D eigenvalue weighted by Crippen LogP contribution is 2.34. The molecule has 0 N–H and O–H groups in total. The standard InChI is InChI=1S/C26H26N6O2S/c1-3-14-31-25(20-10-12-27-13-11-20)28-29-26(31)35-17-24(33)32-22(23-5-4-15-34-23)16-21(30-32)19-8-6-18(2)7-9-19/h4-13,15,22H,3,14,16-17H2,1-2H3. The third kappa shape index (κ3) is 4.90. The van der Waals surface area contributed by atoms with Crippen molar-refractivity contribution in [3.63, 3.8) is 0 Å². The zero-order valence-electron chi connectivity index (χ0n) is 19.7. The largest absolute Gasteiger partial charge is 0.467 e. The number of hydrogen-bond acceptors (Lipinski definition) is 7. The molecule has 1 aliphatic heterocycles. The Morgan fingerprint density at radius 2 is 1.89 bits per heavy atom. The van der Waals surface area contributed by atoms with Crippen LogP contribution in [-0.4, -0.2) is 42.1 Å². The molecule has 0 bridgehead atoms. The molecule has 0 aliphatic carbocycles. The Kier molecular flexibility index (Phi) is 6.76. The molecule has 8 nitrogen and oxygen atoms in total. The van der Waals surface area contributed by atoms with E-state index in [1.54, 1.807) is 23.7 Å². The lowest BCUT2D eigenvalue weighted by Gasteiger charge is -2.19. The van der Waals surface area contributed by atoms with Gasteiger partial charge < -0.3 is 8.98 Å². The summed E-state index contributed by atoms with van der Waals surface area (Å²) in [5.74, 6) is 1.59. The zero-order valence-corrected chi connectivity index (χ0v) is 20.5. The van der Waals surface area contributed by atoms with E-state index >= 15 is 0 Å². The number of nitrogens with zero attached hydrogens (tertiary/aromatic N) is 6. The van der Waals surface area contributed by atoms with Gasteiger partial charge in [-0.25, -0.2) is 5.01 Å². The quantitative estimate of drug-likeness (QED) is 0.321. The summed E-state index contributed by atoms with van der Waals surface area (Å²) in [6, 6.07) is 15.5. The van der Waals surface area contributed by atoms with Crippen molar-refractivity contribution >= 4 is 23.4 Å². The second-order valence-corrected chi connectivity index (χ2v) is 9.31. The number of furan rings is 1. The van der Waals surface area contributed by atoms with Gasteiger partial charge in [-0.2, -0.15) is 5.10 Å². The highest BCUT2D eigenvalue weighted by atomic mass is 32.2. The Balaban J connectivity index is 1.37. The van der Waals surface area contributed by atoms with Crippen LogP contribution in [0.2, 0.25) is 0 Å². The Morgan fingerprint density at radius 3 is 2.60 bits per heavy atom. The first-order valence-corrected chi connectivity index (χ1v) is 12.6. The second kappa shape index (κ2) is 10.3. The van der Waals surface area contributed by atoms with Gasteiger partial charge in [-0.05, 0) is 43.2 Å². The van der Waals surface area contributed by atoms with Gasteiger partial charge in [-0.3, -0.25) is 9.78 Å². The number of hydrogen-bond donors (Lipinski definition) is 0. The molecule has 5 rings (SSSR count). The summed E-state index contributed by atoms with van der Waals surface area (Å²) in [4.78, 5) is 17.5. The van der Waals surface area contributed by atoms with Crippen LogP contribution in [0.4, 0.5) is 0 Å². The van der Waals surface area contributed by atoms with Crippen LogP contribution in [0.5, 0.6) is 0 Å². The lowest BCUT2D eigenvalue weighted by Crippen LogP contribution is -2.28. The van der Waals surface area contributed by atoms with E-state index in [0.29, 0.717) is 11.6 Å². The summed E-state index contributed by atoms with van der Waals surface area (Å²) in [5.41, 5.74) is 4.02. The van der Waals surface area contributed by atoms with Crippen LogP contribution in [0.25, 0.3) is 11.4 Å². The number of aryl methyl sites for hydroxylation is 1. The summed E-state index contributed by atoms with van der Waals surface area (Å²) in [6.45, 7) is 4.92. The molecule has 3 aromatic heterocycles. The van der Waals surface area contributed by atoms with Crippen molar-refractivity contribution in [3.05, 3.63) is 84.1 Å². The van der Waals surface area contributed by atoms with Gasteiger partial charge in [0.05, 0.1) is 17.7 Å². The number of carbonyl (C=O) groups excluding carboxylic acids is 1. The van der Waals surface area contributed by atoms with Crippen molar-refractivity contribution in [1.82, 2.24) is 24.8 Å².